The summed E-state index contributed by atoms with van der Waals surface area (Å²) in [4.78, 5) is 38.7. The fourth-order valence-corrected chi connectivity index (χ4v) is 2.78. The van der Waals surface area contributed by atoms with Crippen molar-refractivity contribution in [3.63, 3.8) is 0 Å². The van der Waals surface area contributed by atoms with Gasteiger partial charge in [-0.1, -0.05) is 12.0 Å². The van der Waals surface area contributed by atoms with E-state index in [2.05, 4.69) is 14.8 Å². The van der Waals surface area contributed by atoms with Crippen LogP contribution in [0.4, 0.5) is 0 Å². The highest BCUT2D eigenvalue weighted by atomic mass is 16.6. The van der Waals surface area contributed by atoms with Crippen molar-refractivity contribution in [3.8, 4) is 0 Å². The van der Waals surface area contributed by atoms with Crippen molar-refractivity contribution in [1.29, 1.82) is 0 Å². The Kier molecular flexibility index (Phi) is 6.34. The summed E-state index contributed by atoms with van der Waals surface area (Å²) in [5.74, 6) is -0.715. The van der Waals surface area contributed by atoms with E-state index in [4.69, 9.17) is 15.0 Å². The van der Waals surface area contributed by atoms with Gasteiger partial charge in [0.15, 0.2) is 6.23 Å². The Labute approximate surface area is 148 Å². The molecule has 2 rings (SSSR count). The van der Waals surface area contributed by atoms with Crippen molar-refractivity contribution in [2.75, 3.05) is 14.2 Å². The molecule has 0 aromatic carbocycles. The monoisotopic (exact) mass is 365 g/mol. The van der Waals surface area contributed by atoms with E-state index >= 15 is 0 Å². The summed E-state index contributed by atoms with van der Waals surface area (Å²) >= 11 is 0. The van der Waals surface area contributed by atoms with Gasteiger partial charge in [0.1, 0.15) is 6.10 Å². The van der Waals surface area contributed by atoms with Crippen LogP contribution in [0.25, 0.3) is 16.6 Å². The minimum Gasteiger partial charge on any atom is -0.466 e. The van der Waals surface area contributed by atoms with E-state index in [0.29, 0.717) is 6.42 Å². The SMILES string of the molecule is CC[C@H]1O[C@@H](n2ccc(=O)n(/C=C/C(=O)OC)c2=O)C(OC)[C@H]1N=[N+]=[N-]. The van der Waals surface area contributed by atoms with Crippen molar-refractivity contribution in [2.24, 2.45) is 5.11 Å². The van der Waals surface area contributed by atoms with Gasteiger partial charge in [-0.2, -0.15) is 0 Å². The second kappa shape index (κ2) is 8.48. The number of aromatic nitrogens is 2. The smallest absolute Gasteiger partial charge is 0.337 e. The van der Waals surface area contributed by atoms with Crippen LogP contribution in [0, 0.1) is 0 Å². The summed E-state index contributed by atoms with van der Waals surface area (Å²) < 4.78 is 17.6. The predicted octanol–water partition coefficient (Wildman–Crippen LogP) is 0.655. The maximum Gasteiger partial charge on any atom is 0.337 e. The minimum absolute atomic E-state index is 0.446. The van der Waals surface area contributed by atoms with Gasteiger partial charge in [-0.25, -0.2) is 14.2 Å². The molecule has 0 saturated carbocycles. The molecule has 4 atom stereocenters. The number of ether oxygens (including phenoxy) is 3. The van der Waals surface area contributed by atoms with Crippen LogP contribution in [0.1, 0.15) is 19.6 Å². The zero-order valence-electron chi connectivity index (χ0n) is 14.5. The van der Waals surface area contributed by atoms with Crippen LogP contribution in [-0.2, 0) is 19.0 Å². The summed E-state index contributed by atoms with van der Waals surface area (Å²) in [5.41, 5.74) is 7.41. The first-order valence-corrected chi connectivity index (χ1v) is 7.80. The molecule has 11 heteroatoms. The van der Waals surface area contributed by atoms with E-state index < -0.39 is 41.7 Å². The zero-order valence-corrected chi connectivity index (χ0v) is 14.5. The van der Waals surface area contributed by atoms with Gasteiger partial charge in [0, 0.05) is 36.6 Å². The standard InChI is InChI=1S/C15H19N5O6/c1-4-9-12(17-18-16)13(25-3)14(26-9)20-7-5-10(21)19(15(20)23)8-6-11(22)24-2/h5-9,12-14H,4H2,1-3H3/b8-6+/t9-,12+,13?,14-/m1/s1. The number of nitrogens with zero attached hydrogens (tertiary/aromatic N) is 5. The number of rotatable bonds is 6. The van der Waals surface area contributed by atoms with Gasteiger partial charge in [0.2, 0.25) is 0 Å². The fourth-order valence-electron chi connectivity index (χ4n) is 2.78. The lowest BCUT2D eigenvalue weighted by molar-refractivity contribution is -0.134. The molecule has 0 spiro atoms. The minimum atomic E-state index is -0.897. The van der Waals surface area contributed by atoms with E-state index in [1.165, 1.54) is 20.4 Å². The lowest BCUT2D eigenvalue weighted by atomic mass is 10.1. The van der Waals surface area contributed by atoms with E-state index in [-0.39, 0.29) is 0 Å². The third-order valence-corrected chi connectivity index (χ3v) is 4.05. The molecule has 0 bridgehead atoms. The van der Waals surface area contributed by atoms with Crippen LogP contribution in [0.2, 0.25) is 0 Å². The van der Waals surface area contributed by atoms with Gasteiger partial charge < -0.3 is 14.2 Å². The maximum atomic E-state index is 12.7. The molecule has 0 N–H and O–H groups in total. The number of hydrogen-bond donors (Lipinski definition) is 0. The maximum absolute atomic E-state index is 12.7. The second-order valence-electron chi connectivity index (χ2n) is 5.42. The van der Waals surface area contributed by atoms with Crippen molar-refractivity contribution in [1.82, 2.24) is 9.13 Å². The summed E-state index contributed by atoms with van der Waals surface area (Å²) in [5, 5.41) is 3.72. The zero-order chi connectivity index (χ0) is 19.3. The molecule has 0 aliphatic carbocycles. The molecule has 1 fully saturated rings. The largest absolute Gasteiger partial charge is 0.466 e. The van der Waals surface area contributed by atoms with Gasteiger partial charge in [0.25, 0.3) is 5.56 Å². The molecular weight excluding hydrogens is 346 g/mol. The van der Waals surface area contributed by atoms with Crippen molar-refractivity contribution < 1.29 is 19.0 Å². The van der Waals surface area contributed by atoms with Crippen LogP contribution in [0.15, 0.2) is 33.0 Å². The van der Waals surface area contributed by atoms with Crippen LogP contribution in [0.5, 0.6) is 0 Å². The van der Waals surface area contributed by atoms with Crippen LogP contribution in [-0.4, -0.2) is 47.6 Å². The Balaban J connectivity index is 2.50. The number of azide groups is 1. The molecule has 0 radical (unpaired) electrons. The molecule has 0 amide bonds. The van der Waals surface area contributed by atoms with Gasteiger partial charge in [-0.05, 0) is 12.0 Å². The molecule has 1 aliphatic heterocycles. The van der Waals surface area contributed by atoms with Crippen LogP contribution >= 0.6 is 0 Å². The fraction of sp³-hybridized carbons (Fsp3) is 0.533. The number of carbonyl (C=O) groups is 1. The quantitative estimate of drug-likeness (QED) is 0.239. The first kappa shape index (κ1) is 19.4. The van der Waals surface area contributed by atoms with E-state index in [1.807, 2.05) is 6.92 Å². The van der Waals surface area contributed by atoms with Gasteiger partial charge in [-0.15, -0.1) is 0 Å². The summed E-state index contributed by atoms with van der Waals surface area (Å²) in [7, 11) is 2.59. The van der Waals surface area contributed by atoms with E-state index in [9.17, 15) is 14.4 Å². The predicted molar refractivity (Wildman–Crippen MR) is 90.2 cm³/mol. The third kappa shape index (κ3) is 3.69. The number of hydrogen-bond acceptors (Lipinski definition) is 7. The molecule has 2 heterocycles. The van der Waals surface area contributed by atoms with E-state index in [1.54, 1.807) is 0 Å². The molecule has 140 valence electrons. The Hall–Kier alpha value is -2.88. The van der Waals surface area contributed by atoms with E-state index in [0.717, 1.165) is 27.5 Å². The average molecular weight is 365 g/mol. The molecule has 1 aromatic heterocycles. The molecule has 1 aliphatic rings. The third-order valence-electron chi connectivity index (χ3n) is 4.05. The molecule has 11 nitrogen and oxygen atoms in total. The molecule has 1 unspecified atom stereocenters. The first-order valence-electron chi connectivity index (χ1n) is 7.80. The number of esters is 1. The Bertz CT molecular complexity index is 853. The molecular formula is C15H19N5O6. The summed E-state index contributed by atoms with van der Waals surface area (Å²) in [6, 6.07) is 0.527. The first-order chi connectivity index (χ1) is 12.5. The lowest BCUT2D eigenvalue weighted by Gasteiger charge is -2.21. The highest BCUT2D eigenvalue weighted by Crippen LogP contribution is 2.34. The topological polar surface area (TPSA) is 138 Å². The molecule has 1 saturated heterocycles. The Morgan fingerprint density at radius 3 is 2.77 bits per heavy atom. The number of methoxy groups -OCH3 is 2. The average Bonchev–Trinajstić information content (AvgIpc) is 2.99. The highest BCUT2D eigenvalue weighted by molar-refractivity contribution is 5.84. The second-order valence-corrected chi connectivity index (χ2v) is 5.42. The highest BCUT2D eigenvalue weighted by Gasteiger charge is 2.45. The van der Waals surface area contributed by atoms with Crippen molar-refractivity contribution in [2.45, 2.75) is 37.8 Å². The molecule has 26 heavy (non-hydrogen) atoms. The van der Waals surface area contributed by atoms with Crippen molar-refractivity contribution in [3.05, 3.63) is 49.6 Å². The summed E-state index contributed by atoms with van der Waals surface area (Å²) in [6.45, 7) is 1.85. The Morgan fingerprint density at radius 2 is 2.19 bits per heavy atom. The van der Waals surface area contributed by atoms with Crippen molar-refractivity contribution >= 4 is 12.2 Å². The number of carbonyl (C=O) groups excluding carboxylic acids is 1. The summed E-state index contributed by atoms with van der Waals surface area (Å²) in [6.07, 6.45) is 1.72. The van der Waals surface area contributed by atoms with Gasteiger partial charge >= 0.3 is 11.7 Å². The normalized spacial score (nSPS) is 25.2. The molecule has 1 aromatic rings. The van der Waals surface area contributed by atoms with Crippen LogP contribution in [0.3, 0.4) is 0 Å². The van der Waals surface area contributed by atoms with Gasteiger partial charge in [-0.3, -0.25) is 9.36 Å². The van der Waals surface area contributed by atoms with Gasteiger partial charge in [0.05, 0.1) is 19.3 Å². The lowest BCUT2D eigenvalue weighted by Crippen LogP contribution is -2.41. The van der Waals surface area contributed by atoms with Crippen LogP contribution < -0.4 is 11.2 Å². The Morgan fingerprint density at radius 1 is 1.46 bits per heavy atom.